The molecule has 3 aromatic rings. The zero-order valence-electron chi connectivity index (χ0n) is 17.8. The van der Waals surface area contributed by atoms with E-state index in [1.165, 1.54) is 0 Å². The van der Waals surface area contributed by atoms with Crippen molar-refractivity contribution in [3.05, 3.63) is 64.3 Å². The van der Waals surface area contributed by atoms with Crippen molar-refractivity contribution in [1.29, 1.82) is 0 Å². The molecule has 1 unspecified atom stereocenters. The Morgan fingerprint density at radius 1 is 1.20 bits per heavy atom. The van der Waals surface area contributed by atoms with Crippen LogP contribution in [-0.4, -0.2) is 39.3 Å². The summed E-state index contributed by atoms with van der Waals surface area (Å²) in [6.45, 7) is 9.11. The minimum Gasteiger partial charge on any atom is -0.507 e. The number of carbonyl (C=O) groups excluding carboxylic acids is 1. The van der Waals surface area contributed by atoms with E-state index in [0.717, 1.165) is 34.4 Å². The lowest BCUT2D eigenvalue weighted by Crippen LogP contribution is -2.30. The van der Waals surface area contributed by atoms with Crippen LogP contribution in [0.4, 0.5) is 0 Å². The molecule has 0 aliphatic carbocycles. The number of H-pyrrole nitrogens is 1. The topological polar surface area (TPSA) is 78.5 Å². The number of ether oxygens (including phenoxy) is 1. The molecule has 6 nitrogen and oxygen atoms in total. The van der Waals surface area contributed by atoms with Gasteiger partial charge in [-0.25, -0.2) is 0 Å². The van der Waals surface area contributed by atoms with Gasteiger partial charge in [-0.1, -0.05) is 25.1 Å². The molecule has 6 heteroatoms. The number of carbonyl (C=O) groups is 1. The summed E-state index contributed by atoms with van der Waals surface area (Å²) in [5.74, 6) is 0.874. The Kier molecular flexibility index (Phi) is 5.24. The number of aryl methyl sites for hydroxylation is 2. The zero-order chi connectivity index (χ0) is 21.4. The first-order valence-corrected chi connectivity index (χ1v) is 10.4. The fourth-order valence-corrected chi connectivity index (χ4v) is 4.40. The lowest BCUT2D eigenvalue weighted by molar-refractivity contribution is 0.0743. The molecule has 0 fully saturated rings. The Morgan fingerprint density at radius 3 is 2.70 bits per heavy atom. The van der Waals surface area contributed by atoms with Gasteiger partial charge in [0, 0.05) is 17.7 Å². The molecule has 0 saturated carbocycles. The number of fused-ring (bicyclic) bond motifs is 1. The Balaban J connectivity index is 1.92. The highest BCUT2D eigenvalue weighted by Crippen LogP contribution is 2.46. The van der Waals surface area contributed by atoms with E-state index < -0.39 is 0 Å². The van der Waals surface area contributed by atoms with E-state index in [-0.39, 0.29) is 17.7 Å². The van der Waals surface area contributed by atoms with Crippen LogP contribution in [0.2, 0.25) is 0 Å². The molecule has 156 valence electrons. The van der Waals surface area contributed by atoms with Crippen molar-refractivity contribution in [3.63, 3.8) is 0 Å². The molecule has 1 atom stereocenters. The molecule has 1 aliphatic rings. The summed E-state index contributed by atoms with van der Waals surface area (Å²) in [7, 11) is 0. The van der Waals surface area contributed by atoms with Gasteiger partial charge in [-0.2, -0.15) is 5.10 Å². The number of hydrogen-bond acceptors (Lipinski definition) is 4. The average molecular weight is 405 g/mol. The van der Waals surface area contributed by atoms with Gasteiger partial charge in [0.2, 0.25) is 0 Å². The summed E-state index contributed by atoms with van der Waals surface area (Å²) >= 11 is 0. The molecular formula is C24H27N3O3. The number of amides is 1. The predicted octanol–water partition coefficient (Wildman–Crippen LogP) is 4.75. The second-order valence-corrected chi connectivity index (χ2v) is 7.74. The quantitative estimate of drug-likeness (QED) is 0.620. The Hall–Kier alpha value is -3.28. The zero-order valence-corrected chi connectivity index (χ0v) is 17.8. The third-order valence-corrected chi connectivity index (χ3v) is 5.51. The van der Waals surface area contributed by atoms with Gasteiger partial charge in [-0.15, -0.1) is 0 Å². The first-order chi connectivity index (χ1) is 14.5. The summed E-state index contributed by atoms with van der Waals surface area (Å²) in [4.78, 5) is 15.1. The van der Waals surface area contributed by atoms with Gasteiger partial charge in [0.1, 0.15) is 22.9 Å². The average Bonchev–Trinajstić information content (AvgIpc) is 3.22. The standard InChI is InChI=1S/C24H27N3O3/c1-5-10-27-23(16-8-7-9-17(13-16)30-6-2)20-21(25-26-22(20)24(27)29)19-15(4)11-14(3)12-18(19)28/h7-9,11-13,23,28H,5-6,10H2,1-4H3,(H,25,26). The molecule has 0 spiro atoms. The molecule has 0 saturated heterocycles. The number of benzene rings is 2. The largest absolute Gasteiger partial charge is 0.507 e. The van der Waals surface area contributed by atoms with E-state index in [1.54, 1.807) is 6.07 Å². The highest BCUT2D eigenvalue weighted by atomic mass is 16.5. The van der Waals surface area contributed by atoms with Gasteiger partial charge in [0.25, 0.3) is 5.91 Å². The number of nitrogens with one attached hydrogen (secondary N) is 1. The second kappa shape index (κ2) is 7.86. The number of hydrogen-bond donors (Lipinski definition) is 2. The summed E-state index contributed by atoms with van der Waals surface area (Å²) in [5, 5.41) is 18.1. The lowest BCUT2D eigenvalue weighted by atomic mass is 9.93. The lowest BCUT2D eigenvalue weighted by Gasteiger charge is -2.26. The van der Waals surface area contributed by atoms with Crippen molar-refractivity contribution < 1.29 is 14.6 Å². The maximum atomic E-state index is 13.2. The normalized spacial score (nSPS) is 15.5. The summed E-state index contributed by atoms with van der Waals surface area (Å²) in [6.07, 6.45) is 0.842. The van der Waals surface area contributed by atoms with Crippen LogP contribution in [0.15, 0.2) is 36.4 Å². The fraction of sp³-hybridized carbons (Fsp3) is 0.333. The summed E-state index contributed by atoms with van der Waals surface area (Å²) < 4.78 is 5.70. The Morgan fingerprint density at radius 2 is 2.00 bits per heavy atom. The fourth-order valence-electron chi connectivity index (χ4n) is 4.40. The first-order valence-electron chi connectivity index (χ1n) is 10.4. The smallest absolute Gasteiger partial charge is 0.273 e. The van der Waals surface area contributed by atoms with Crippen LogP contribution in [0.5, 0.6) is 11.5 Å². The third kappa shape index (κ3) is 3.22. The van der Waals surface area contributed by atoms with E-state index in [4.69, 9.17) is 4.74 Å². The molecule has 2 heterocycles. The van der Waals surface area contributed by atoms with Crippen molar-refractivity contribution in [1.82, 2.24) is 15.1 Å². The monoisotopic (exact) mass is 405 g/mol. The van der Waals surface area contributed by atoms with Crippen LogP contribution >= 0.6 is 0 Å². The highest BCUT2D eigenvalue weighted by Gasteiger charge is 2.42. The van der Waals surface area contributed by atoms with Gasteiger partial charge < -0.3 is 14.7 Å². The minimum absolute atomic E-state index is 0.0679. The predicted molar refractivity (Wildman–Crippen MR) is 116 cm³/mol. The van der Waals surface area contributed by atoms with Gasteiger partial charge in [0.15, 0.2) is 0 Å². The van der Waals surface area contributed by atoms with Crippen LogP contribution < -0.4 is 4.74 Å². The van der Waals surface area contributed by atoms with Gasteiger partial charge >= 0.3 is 0 Å². The van der Waals surface area contributed by atoms with Crippen molar-refractivity contribution in [3.8, 4) is 22.8 Å². The number of nitrogens with zero attached hydrogens (tertiary/aromatic N) is 2. The van der Waals surface area contributed by atoms with E-state index in [0.29, 0.717) is 30.1 Å². The Bertz CT molecular complexity index is 1080. The van der Waals surface area contributed by atoms with Crippen LogP contribution in [0, 0.1) is 13.8 Å². The molecule has 1 aromatic heterocycles. The SMILES string of the molecule is CCCN1C(=O)c2[nH]nc(-c3c(C)cc(C)cc3O)c2C1c1cccc(OCC)c1. The second-order valence-electron chi connectivity index (χ2n) is 7.74. The van der Waals surface area contributed by atoms with Crippen LogP contribution in [-0.2, 0) is 0 Å². The molecule has 4 rings (SSSR count). The number of rotatable bonds is 6. The van der Waals surface area contributed by atoms with Crippen molar-refractivity contribution in [2.24, 2.45) is 0 Å². The van der Waals surface area contributed by atoms with Gasteiger partial charge in [-0.05, 0) is 62.1 Å². The van der Waals surface area contributed by atoms with E-state index >= 15 is 0 Å². The summed E-state index contributed by atoms with van der Waals surface area (Å²) in [6, 6.07) is 11.3. The maximum absolute atomic E-state index is 13.2. The van der Waals surface area contributed by atoms with Crippen molar-refractivity contribution in [2.75, 3.05) is 13.2 Å². The molecular weight excluding hydrogens is 378 g/mol. The molecule has 0 radical (unpaired) electrons. The van der Waals surface area contributed by atoms with Gasteiger partial charge in [0.05, 0.1) is 12.6 Å². The third-order valence-electron chi connectivity index (χ3n) is 5.51. The molecule has 2 aromatic carbocycles. The number of phenolic OH excluding ortho intramolecular Hbond substituents is 1. The number of phenols is 1. The van der Waals surface area contributed by atoms with E-state index in [1.807, 2.05) is 56.0 Å². The number of aromatic nitrogens is 2. The highest BCUT2D eigenvalue weighted by molar-refractivity contribution is 6.00. The molecule has 1 amide bonds. The van der Waals surface area contributed by atoms with Gasteiger partial charge in [-0.3, -0.25) is 9.89 Å². The van der Waals surface area contributed by atoms with Crippen molar-refractivity contribution in [2.45, 2.75) is 40.2 Å². The van der Waals surface area contributed by atoms with Crippen LogP contribution in [0.1, 0.15) is 59.1 Å². The first kappa shape index (κ1) is 20.0. The number of aromatic amines is 1. The molecule has 1 aliphatic heterocycles. The van der Waals surface area contributed by atoms with E-state index in [9.17, 15) is 9.90 Å². The summed E-state index contributed by atoms with van der Waals surface area (Å²) in [5.41, 5.74) is 5.45. The molecule has 2 N–H and O–H groups in total. The van der Waals surface area contributed by atoms with Crippen LogP contribution in [0.3, 0.4) is 0 Å². The molecule has 0 bridgehead atoms. The Labute approximate surface area is 176 Å². The maximum Gasteiger partial charge on any atom is 0.273 e. The van der Waals surface area contributed by atoms with Crippen LogP contribution in [0.25, 0.3) is 11.3 Å². The van der Waals surface area contributed by atoms with E-state index in [2.05, 4.69) is 17.1 Å². The minimum atomic E-state index is -0.290. The molecule has 30 heavy (non-hydrogen) atoms. The number of aromatic hydroxyl groups is 1. The van der Waals surface area contributed by atoms with Crippen molar-refractivity contribution >= 4 is 5.91 Å².